The van der Waals surface area contributed by atoms with E-state index >= 15 is 0 Å². The van der Waals surface area contributed by atoms with Crippen molar-refractivity contribution >= 4 is 22.9 Å². The van der Waals surface area contributed by atoms with Crippen LogP contribution in [0.15, 0.2) is 42.9 Å². The molecule has 0 saturated heterocycles. The molecule has 0 spiro atoms. The number of thiazole rings is 1. The van der Waals surface area contributed by atoms with E-state index in [1.165, 1.54) is 11.3 Å². The fourth-order valence-electron chi connectivity index (χ4n) is 2.36. The predicted octanol–water partition coefficient (Wildman–Crippen LogP) is 4.11. The summed E-state index contributed by atoms with van der Waals surface area (Å²) in [5.41, 5.74) is 3.45. The van der Waals surface area contributed by atoms with Crippen molar-refractivity contribution in [3.8, 4) is 10.6 Å². The molecule has 3 rings (SSSR count). The zero-order valence-corrected chi connectivity index (χ0v) is 14.4. The Balaban J connectivity index is 1.85. The van der Waals surface area contributed by atoms with Gasteiger partial charge < -0.3 is 5.32 Å². The number of aryl methyl sites for hydroxylation is 2. The van der Waals surface area contributed by atoms with Crippen LogP contribution in [0.5, 0.6) is 0 Å². The Labute approximate surface area is 144 Å². The van der Waals surface area contributed by atoms with Crippen molar-refractivity contribution in [2.75, 3.05) is 5.32 Å². The zero-order chi connectivity index (χ0) is 16.9. The third kappa shape index (κ3) is 3.65. The van der Waals surface area contributed by atoms with E-state index in [-0.39, 0.29) is 5.91 Å². The van der Waals surface area contributed by atoms with Gasteiger partial charge in [-0.25, -0.2) is 4.98 Å². The Morgan fingerprint density at radius 1 is 1.29 bits per heavy atom. The minimum atomic E-state index is -0.160. The number of hydrogen-bond donors (Lipinski definition) is 1. The highest BCUT2D eigenvalue weighted by molar-refractivity contribution is 7.17. The van der Waals surface area contributed by atoms with Crippen LogP contribution in [0.3, 0.4) is 0 Å². The van der Waals surface area contributed by atoms with Crippen molar-refractivity contribution in [1.82, 2.24) is 15.0 Å². The van der Waals surface area contributed by atoms with Gasteiger partial charge in [0.15, 0.2) is 0 Å². The molecule has 24 heavy (non-hydrogen) atoms. The van der Waals surface area contributed by atoms with Gasteiger partial charge in [-0.05, 0) is 37.6 Å². The van der Waals surface area contributed by atoms with Crippen LogP contribution in [0, 0.1) is 6.92 Å². The number of hydrogen-bond acceptors (Lipinski definition) is 5. The molecule has 0 aliphatic rings. The zero-order valence-electron chi connectivity index (χ0n) is 13.6. The molecule has 3 heterocycles. The molecule has 0 aliphatic carbocycles. The maximum Gasteiger partial charge on any atom is 0.267 e. The summed E-state index contributed by atoms with van der Waals surface area (Å²) in [6.07, 6.45) is 7.07. The van der Waals surface area contributed by atoms with E-state index in [4.69, 9.17) is 0 Å². The normalized spacial score (nSPS) is 10.6. The molecule has 1 amide bonds. The van der Waals surface area contributed by atoms with Crippen molar-refractivity contribution in [2.45, 2.75) is 26.7 Å². The van der Waals surface area contributed by atoms with E-state index in [1.807, 2.05) is 25.1 Å². The lowest BCUT2D eigenvalue weighted by molar-refractivity contribution is 0.103. The molecule has 0 bridgehead atoms. The lowest BCUT2D eigenvalue weighted by Crippen LogP contribution is -2.11. The second-order valence-corrected chi connectivity index (χ2v) is 6.41. The maximum atomic E-state index is 12.5. The summed E-state index contributed by atoms with van der Waals surface area (Å²) in [5.74, 6) is -0.160. The first-order chi connectivity index (χ1) is 11.7. The van der Waals surface area contributed by atoms with Crippen LogP contribution >= 0.6 is 11.3 Å². The van der Waals surface area contributed by atoms with Crippen molar-refractivity contribution < 1.29 is 4.79 Å². The molecule has 0 fully saturated rings. The fraction of sp³-hybridized carbons (Fsp3) is 0.222. The van der Waals surface area contributed by atoms with E-state index in [0.29, 0.717) is 10.6 Å². The first-order valence-corrected chi connectivity index (χ1v) is 8.63. The number of rotatable bonds is 5. The Hall–Kier alpha value is -2.60. The Morgan fingerprint density at radius 3 is 2.92 bits per heavy atom. The molecule has 0 radical (unpaired) electrons. The van der Waals surface area contributed by atoms with Gasteiger partial charge in [0.05, 0.1) is 17.6 Å². The largest absolute Gasteiger partial charge is 0.320 e. The third-order valence-corrected chi connectivity index (χ3v) is 4.70. The third-order valence-electron chi connectivity index (χ3n) is 3.49. The Kier molecular flexibility index (Phi) is 4.96. The molecule has 0 aliphatic heterocycles. The molecule has 3 aromatic heterocycles. The van der Waals surface area contributed by atoms with Crippen LogP contribution in [0.25, 0.3) is 10.6 Å². The van der Waals surface area contributed by atoms with Gasteiger partial charge in [0, 0.05) is 23.7 Å². The summed E-state index contributed by atoms with van der Waals surface area (Å²) >= 11 is 1.40. The van der Waals surface area contributed by atoms with Gasteiger partial charge >= 0.3 is 0 Å². The van der Waals surface area contributed by atoms with Crippen LogP contribution in [-0.2, 0) is 6.42 Å². The molecule has 0 unspecified atom stereocenters. The van der Waals surface area contributed by atoms with E-state index in [0.717, 1.165) is 34.8 Å². The smallest absolute Gasteiger partial charge is 0.267 e. The van der Waals surface area contributed by atoms with Gasteiger partial charge in [0.1, 0.15) is 9.88 Å². The molecule has 1 N–H and O–H groups in total. The fourth-order valence-corrected chi connectivity index (χ4v) is 3.32. The summed E-state index contributed by atoms with van der Waals surface area (Å²) in [6, 6.07) is 7.57. The summed E-state index contributed by atoms with van der Waals surface area (Å²) < 4.78 is 0. The van der Waals surface area contributed by atoms with Gasteiger partial charge in [-0.3, -0.25) is 14.8 Å². The highest BCUT2D eigenvalue weighted by atomic mass is 32.1. The first kappa shape index (κ1) is 16.3. The maximum absolute atomic E-state index is 12.5. The summed E-state index contributed by atoms with van der Waals surface area (Å²) in [7, 11) is 0. The van der Waals surface area contributed by atoms with Gasteiger partial charge in [0.2, 0.25) is 0 Å². The van der Waals surface area contributed by atoms with Crippen molar-refractivity contribution in [1.29, 1.82) is 0 Å². The number of anilines is 1. The average Bonchev–Trinajstić information content (AvgIpc) is 2.98. The number of nitrogens with one attached hydrogen (secondary N) is 1. The monoisotopic (exact) mass is 338 g/mol. The van der Waals surface area contributed by atoms with Crippen LogP contribution in [0.4, 0.5) is 5.69 Å². The lowest BCUT2D eigenvalue weighted by atomic mass is 10.2. The van der Waals surface area contributed by atoms with E-state index in [2.05, 4.69) is 27.2 Å². The van der Waals surface area contributed by atoms with E-state index < -0.39 is 0 Å². The molecule has 0 aromatic carbocycles. The predicted molar refractivity (Wildman–Crippen MR) is 96.3 cm³/mol. The molecule has 0 saturated carbocycles. The van der Waals surface area contributed by atoms with Crippen molar-refractivity contribution in [3.63, 3.8) is 0 Å². The average molecular weight is 338 g/mol. The Morgan fingerprint density at radius 2 is 2.17 bits per heavy atom. The summed E-state index contributed by atoms with van der Waals surface area (Å²) in [4.78, 5) is 26.0. The van der Waals surface area contributed by atoms with Crippen molar-refractivity contribution in [2.24, 2.45) is 0 Å². The summed E-state index contributed by atoms with van der Waals surface area (Å²) in [6.45, 7) is 3.98. The standard InChI is InChI=1S/C18H18N4OS/c1-3-5-14-10-13(7-9-20-14)18-21-12(2)16(24-18)17(23)22-15-6-4-8-19-11-15/h4,6-11H,3,5H2,1-2H3,(H,22,23). The van der Waals surface area contributed by atoms with Crippen LogP contribution in [0.1, 0.15) is 34.4 Å². The molecule has 3 aromatic rings. The number of amides is 1. The van der Waals surface area contributed by atoms with Crippen LogP contribution in [-0.4, -0.2) is 20.9 Å². The lowest BCUT2D eigenvalue weighted by Gasteiger charge is -2.02. The van der Waals surface area contributed by atoms with Crippen LogP contribution < -0.4 is 5.32 Å². The molecular formula is C18H18N4OS. The Bertz CT molecular complexity index is 845. The van der Waals surface area contributed by atoms with E-state index in [1.54, 1.807) is 24.7 Å². The van der Waals surface area contributed by atoms with E-state index in [9.17, 15) is 4.79 Å². The number of nitrogens with zero attached hydrogens (tertiary/aromatic N) is 3. The second-order valence-electron chi connectivity index (χ2n) is 5.42. The van der Waals surface area contributed by atoms with Gasteiger partial charge in [0.25, 0.3) is 5.91 Å². The molecule has 122 valence electrons. The number of aromatic nitrogens is 3. The number of carbonyl (C=O) groups is 1. The van der Waals surface area contributed by atoms with Crippen molar-refractivity contribution in [3.05, 3.63) is 59.1 Å². The molecule has 0 atom stereocenters. The highest BCUT2D eigenvalue weighted by Crippen LogP contribution is 2.28. The number of carbonyl (C=O) groups excluding carboxylic acids is 1. The minimum absolute atomic E-state index is 0.160. The second kappa shape index (κ2) is 7.31. The summed E-state index contributed by atoms with van der Waals surface area (Å²) in [5, 5.41) is 3.69. The SMILES string of the molecule is CCCc1cc(-c2nc(C)c(C(=O)Nc3cccnc3)s2)ccn1. The van der Waals surface area contributed by atoms with Gasteiger partial charge in [-0.15, -0.1) is 11.3 Å². The first-order valence-electron chi connectivity index (χ1n) is 7.81. The van der Waals surface area contributed by atoms with Gasteiger partial charge in [-0.2, -0.15) is 0 Å². The topological polar surface area (TPSA) is 67.8 Å². The van der Waals surface area contributed by atoms with Gasteiger partial charge in [-0.1, -0.05) is 13.3 Å². The minimum Gasteiger partial charge on any atom is -0.320 e. The highest BCUT2D eigenvalue weighted by Gasteiger charge is 2.16. The quantitative estimate of drug-likeness (QED) is 0.760. The molecular weight excluding hydrogens is 320 g/mol. The molecule has 5 nitrogen and oxygen atoms in total. The van der Waals surface area contributed by atoms with Crippen LogP contribution in [0.2, 0.25) is 0 Å². The molecule has 6 heteroatoms. The number of pyridine rings is 2.